The number of hydrogen-bond donors (Lipinski definition) is 1. The molecular weight excluding hydrogens is 282 g/mol. The minimum absolute atomic E-state index is 0.0932. The average Bonchev–Trinajstić information content (AvgIpc) is 2.87. The molecule has 0 aliphatic carbocycles. The van der Waals surface area contributed by atoms with Gasteiger partial charge in [0.25, 0.3) is 0 Å². The molecule has 1 N–H and O–H groups in total. The summed E-state index contributed by atoms with van der Waals surface area (Å²) in [5.74, 6) is -0.179. The van der Waals surface area contributed by atoms with Crippen LogP contribution in [0.3, 0.4) is 0 Å². The molecule has 1 aliphatic heterocycles. The zero-order valence-electron chi connectivity index (χ0n) is 11.6. The highest BCUT2D eigenvalue weighted by molar-refractivity contribution is 7.89. The van der Waals surface area contributed by atoms with Crippen molar-refractivity contribution in [3.05, 3.63) is 12.4 Å². The van der Waals surface area contributed by atoms with Crippen molar-refractivity contribution in [3.8, 4) is 0 Å². The van der Waals surface area contributed by atoms with E-state index in [2.05, 4.69) is 10.4 Å². The lowest BCUT2D eigenvalue weighted by Gasteiger charge is -2.28. The van der Waals surface area contributed by atoms with Gasteiger partial charge in [0.2, 0.25) is 15.9 Å². The third kappa shape index (κ3) is 3.17. The molecule has 8 nitrogen and oxygen atoms in total. The Kier molecular flexibility index (Phi) is 4.41. The fraction of sp³-hybridized carbons (Fsp3) is 0.636. The summed E-state index contributed by atoms with van der Waals surface area (Å²) in [6, 6.07) is 0. The van der Waals surface area contributed by atoms with Crippen molar-refractivity contribution < 1.29 is 13.2 Å². The van der Waals surface area contributed by atoms with E-state index in [4.69, 9.17) is 0 Å². The molecule has 0 radical (unpaired) electrons. The summed E-state index contributed by atoms with van der Waals surface area (Å²) in [7, 11) is -0.616. The number of rotatable bonds is 4. The maximum atomic E-state index is 12.3. The Bertz CT molecular complexity index is 577. The van der Waals surface area contributed by atoms with Gasteiger partial charge in [0, 0.05) is 46.5 Å². The number of carbonyl (C=O) groups is 1. The van der Waals surface area contributed by atoms with E-state index in [0.717, 1.165) is 17.4 Å². The highest BCUT2D eigenvalue weighted by atomic mass is 32.2. The van der Waals surface area contributed by atoms with E-state index in [-0.39, 0.29) is 17.3 Å². The van der Waals surface area contributed by atoms with E-state index in [9.17, 15) is 13.2 Å². The molecule has 2 heterocycles. The molecule has 0 saturated carbocycles. The van der Waals surface area contributed by atoms with Crippen LogP contribution in [0, 0.1) is 0 Å². The van der Waals surface area contributed by atoms with E-state index >= 15 is 0 Å². The van der Waals surface area contributed by atoms with Crippen molar-refractivity contribution in [2.24, 2.45) is 7.05 Å². The molecule has 0 unspecified atom stereocenters. The van der Waals surface area contributed by atoms with Gasteiger partial charge in [-0.05, 0) is 0 Å². The van der Waals surface area contributed by atoms with Crippen molar-refractivity contribution in [1.82, 2.24) is 24.3 Å². The molecule has 0 aromatic carbocycles. The minimum atomic E-state index is -3.67. The summed E-state index contributed by atoms with van der Waals surface area (Å²) in [4.78, 5) is 13.8. The topological polar surface area (TPSA) is 87.5 Å². The van der Waals surface area contributed by atoms with Crippen LogP contribution in [0.15, 0.2) is 17.3 Å². The molecule has 1 aromatic heterocycles. The molecule has 1 saturated heterocycles. The maximum absolute atomic E-state index is 12.3. The highest BCUT2D eigenvalue weighted by Crippen LogP contribution is 2.12. The van der Waals surface area contributed by atoms with Crippen LogP contribution in [-0.2, 0) is 21.9 Å². The molecule has 1 aliphatic rings. The van der Waals surface area contributed by atoms with Gasteiger partial charge in [-0.2, -0.15) is 9.40 Å². The number of sulfonamides is 1. The van der Waals surface area contributed by atoms with E-state index in [1.807, 2.05) is 0 Å². The van der Waals surface area contributed by atoms with Crippen LogP contribution in [0.1, 0.15) is 0 Å². The molecule has 9 heteroatoms. The number of aromatic nitrogens is 2. The summed E-state index contributed by atoms with van der Waals surface area (Å²) in [5, 5.41) is 6.99. The van der Waals surface area contributed by atoms with Crippen LogP contribution in [0.25, 0.3) is 0 Å². The van der Waals surface area contributed by atoms with Crippen molar-refractivity contribution in [2.45, 2.75) is 4.90 Å². The number of nitrogens with one attached hydrogen (secondary N) is 1. The van der Waals surface area contributed by atoms with Gasteiger partial charge in [-0.1, -0.05) is 0 Å². The van der Waals surface area contributed by atoms with Gasteiger partial charge < -0.3 is 10.2 Å². The third-order valence-corrected chi connectivity index (χ3v) is 4.97. The van der Waals surface area contributed by atoms with E-state index < -0.39 is 10.0 Å². The Hall–Kier alpha value is -1.45. The number of carbonyl (C=O) groups excluding carboxylic acids is 1. The smallest absolute Gasteiger partial charge is 0.246 e. The molecule has 0 atom stereocenters. The van der Waals surface area contributed by atoms with Crippen LogP contribution in [0.2, 0.25) is 0 Å². The van der Waals surface area contributed by atoms with Crippen molar-refractivity contribution in [2.75, 3.05) is 39.8 Å². The van der Waals surface area contributed by atoms with Crippen LogP contribution in [-0.4, -0.2) is 73.1 Å². The first-order valence-electron chi connectivity index (χ1n) is 6.35. The Morgan fingerprint density at radius 1 is 1.45 bits per heavy atom. The van der Waals surface area contributed by atoms with Crippen LogP contribution in [0.5, 0.6) is 0 Å². The quantitative estimate of drug-likeness (QED) is 0.729. The molecule has 20 heavy (non-hydrogen) atoms. The number of likely N-dealkylation sites (N-methyl/N-ethyl adjacent to an activating group) is 1. The molecule has 112 valence electrons. The van der Waals surface area contributed by atoms with Gasteiger partial charge >= 0.3 is 0 Å². The predicted octanol–water partition coefficient (Wildman–Crippen LogP) is -1.53. The van der Waals surface area contributed by atoms with Gasteiger partial charge in [0.05, 0.1) is 12.7 Å². The summed E-state index contributed by atoms with van der Waals surface area (Å²) in [6.45, 7) is 2.55. The van der Waals surface area contributed by atoms with Crippen LogP contribution in [0.4, 0.5) is 0 Å². The summed E-state index contributed by atoms with van der Waals surface area (Å²) in [5.41, 5.74) is 0. The number of hydrogen-bond acceptors (Lipinski definition) is 5. The largest absolute Gasteiger partial charge is 0.339 e. The van der Waals surface area contributed by atoms with E-state index in [1.54, 1.807) is 11.9 Å². The lowest BCUT2D eigenvalue weighted by atomic mass is 10.3. The van der Waals surface area contributed by atoms with E-state index in [0.29, 0.717) is 13.1 Å². The lowest BCUT2D eigenvalue weighted by molar-refractivity contribution is -0.131. The maximum Gasteiger partial charge on any atom is 0.246 e. The van der Waals surface area contributed by atoms with E-state index in [1.165, 1.54) is 24.1 Å². The van der Waals surface area contributed by atoms with Gasteiger partial charge in [-0.15, -0.1) is 0 Å². The molecule has 0 spiro atoms. The molecular formula is C11H19N5O3S. The zero-order chi connectivity index (χ0) is 14.8. The second kappa shape index (κ2) is 5.90. The third-order valence-electron chi connectivity index (χ3n) is 3.22. The Balaban J connectivity index is 2.03. The minimum Gasteiger partial charge on any atom is -0.339 e. The van der Waals surface area contributed by atoms with Gasteiger partial charge in [0.1, 0.15) is 4.90 Å². The van der Waals surface area contributed by atoms with Crippen LogP contribution < -0.4 is 5.32 Å². The van der Waals surface area contributed by atoms with Crippen molar-refractivity contribution in [1.29, 1.82) is 0 Å². The normalized spacial score (nSPS) is 16.6. The van der Waals surface area contributed by atoms with Gasteiger partial charge in [-0.25, -0.2) is 8.42 Å². The van der Waals surface area contributed by atoms with Crippen molar-refractivity contribution in [3.63, 3.8) is 0 Å². The fourth-order valence-corrected chi connectivity index (χ4v) is 3.11. The van der Waals surface area contributed by atoms with Gasteiger partial charge in [0.15, 0.2) is 0 Å². The first-order chi connectivity index (χ1) is 9.41. The second-order valence-corrected chi connectivity index (χ2v) is 6.79. The van der Waals surface area contributed by atoms with Crippen LogP contribution >= 0.6 is 0 Å². The Labute approximate surface area is 118 Å². The number of nitrogens with zero attached hydrogens (tertiary/aromatic N) is 4. The monoisotopic (exact) mass is 301 g/mol. The molecule has 1 amide bonds. The van der Waals surface area contributed by atoms with Gasteiger partial charge in [-0.3, -0.25) is 9.48 Å². The summed E-state index contributed by atoms with van der Waals surface area (Å²) < 4.78 is 27.0. The zero-order valence-corrected chi connectivity index (χ0v) is 12.4. The summed E-state index contributed by atoms with van der Waals surface area (Å²) in [6.07, 6.45) is 2.70. The number of amides is 1. The predicted molar refractivity (Wildman–Crippen MR) is 72.5 cm³/mol. The first kappa shape index (κ1) is 14.9. The Morgan fingerprint density at radius 3 is 2.65 bits per heavy atom. The second-order valence-electron chi connectivity index (χ2n) is 4.74. The fourth-order valence-electron chi connectivity index (χ4n) is 2.00. The lowest BCUT2D eigenvalue weighted by Crippen LogP contribution is -2.49. The van der Waals surface area contributed by atoms with Crippen molar-refractivity contribution >= 4 is 15.9 Å². The molecule has 0 bridgehead atoms. The Morgan fingerprint density at radius 2 is 2.10 bits per heavy atom. The standard InChI is InChI=1S/C11H19N5O3S/c1-14-8-10(7-13-14)20(18,19)15(2)9-11(17)16-5-3-12-4-6-16/h7-8,12H,3-6,9H2,1-2H3. The SMILES string of the molecule is CN(CC(=O)N1CCNCC1)S(=O)(=O)c1cnn(C)c1. The molecule has 2 rings (SSSR count). The number of aryl methyl sites for hydroxylation is 1. The molecule has 1 aromatic rings. The molecule has 1 fully saturated rings. The first-order valence-corrected chi connectivity index (χ1v) is 7.79. The average molecular weight is 301 g/mol. The summed E-state index contributed by atoms with van der Waals surface area (Å²) >= 11 is 0. The number of piperazine rings is 1. The highest BCUT2D eigenvalue weighted by Gasteiger charge is 2.26.